The van der Waals surface area contributed by atoms with Crippen LogP contribution in [0.2, 0.25) is 0 Å². The van der Waals surface area contributed by atoms with E-state index in [0.717, 1.165) is 77.8 Å². The molecule has 5 heterocycles. The number of anilines is 2. The SMILES string of the molecule is O=C1CCC(Nc2ccc(N3CCN(CC4CCN(C(=O)Cn5cc(-c6ccc7c(C(=O)C(NCCc8ccc(C(F)(F)F)cc8)c8ccccc8)c[nH]c7c6)cn5)CC4)CC3)c(F)c2)C(=O)N1. The lowest BCUT2D eigenvalue weighted by Crippen LogP contribution is -2.49. The molecule has 2 atom stereocenters. The number of nitrogens with one attached hydrogen (secondary N) is 4. The highest BCUT2D eigenvalue weighted by molar-refractivity contribution is 6.11. The number of carbonyl (C=O) groups is 4. The smallest absolute Gasteiger partial charge is 0.374 e. The van der Waals surface area contributed by atoms with Crippen LogP contribution in [-0.2, 0) is 33.5 Å². The van der Waals surface area contributed by atoms with Crippen molar-refractivity contribution in [2.45, 2.75) is 56.9 Å². The Morgan fingerprint density at radius 3 is 2.34 bits per heavy atom. The highest BCUT2D eigenvalue weighted by Crippen LogP contribution is 2.32. The molecular weight excluding hydrogens is 879 g/mol. The van der Waals surface area contributed by atoms with Crippen LogP contribution in [0.1, 0.15) is 58.8 Å². The van der Waals surface area contributed by atoms with Crippen LogP contribution < -0.4 is 20.9 Å². The maximum atomic E-state index is 15.2. The first-order valence-corrected chi connectivity index (χ1v) is 23.1. The Bertz CT molecular complexity index is 2760. The van der Waals surface area contributed by atoms with Crippen LogP contribution in [0.5, 0.6) is 0 Å². The molecule has 68 heavy (non-hydrogen) atoms. The zero-order valence-corrected chi connectivity index (χ0v) is 37.4. The summed E-state index contributed by atoms with van der Waals surface area (Å²) in [6.07, 6.45) is 3.73. The molecule has 9 rings (SSSR count). The summed E-state index contributed by atoms with van der Waals surface area (Å²) < 4.78 is 56.1. The van der Waals surface area contributed by atoms with Gasteiger partial charge >= 0.3 is 6.18 Å². The molecule has 4 N–H and O–H groups in total. The number of amides is 3. The Morgan fingerprint density at radius 1 is 0.853 bits per heavy atom. The highest BCUT2D eigenvalue weighted by atomic mass is 19.4. The number of alkyl halides is 3. The van der Waals surface area contributed by atoms with Crippen molar-refractivity contribution in [3.8, 4) is 11.1 Å². The number of benzene rings is 4. The normalized spacial score (nSPS) is 17.9. The fraction of sp³-hybridized carbons (Fsp3) is 0.353. The lowest BCUT2D eigenvalue weighted by Gasteiger charge is -2.39. The van der Waals surface area contributed by atoms with Gasteiger partial charge in [-0.05, 0) is 84.7 Å². The molecule has 0 saturated carbocycles. The molecule has 2 unspecified atom stereocenters. The van der Waals surface area contributed by atoms with Crippen LogP contribution in [0.3, 0.4) is 0 Å². The summed E-state index contributed by atoms with van der Waals surface area (Å²) in [7, 11) is 0. The summed E-state index contributed by atoms with van der Waals surface area (Å²) in [5, 5.41) is 14.0. The van der Waals surface area contributed by atoms with Crippen molar-refractivity contribution in [1.82, 2.24) is 35.2 Å². The fourth-order valence-electron chi connectivity index (χ4n) is 9.52. The molecule has 0 aliphatic carbocycles. The summed E-state index contributed by atoms with van der Waals surface area (Å²) in [6, 6.07) is 23.8. The minimum absolute atomic E-state index is 0.0102. The van der Waals surface area contributed by atoms with Gasteiger partial charge in [0.15, 0.2) is 5.78 Å². The van der Waals surface area contributed by atoms with Crippen molar-refractivity contribution in [2.24, 2.45) is 5.92 Å². The van der Waals surface area contributed by atoms with Crippen LogP contribution >= 0.6 is 0 Å². The molecule has 4 aromatic carbocycles. The molecule has 3 aliphatic rings. The molecular formula is C51H53F4N9O4. The Kier molecular flexibility index (Phi) is 13.7. The second-order valence-electron chi connectivity index (χ2n) is 17.9. The Morgan fingerprint density at radius 2 is 1.62 bits per heavy atom. The molecule has 3 fully saturated rings. The van der Waals surface area contributed by atoms with Crippen molar-refractivity contribution in [1.29, 1.82) is 0 Å². The van der Waals surface area contributed by atoms with E-state index in [-0.39, 0.29) is 36.4 Å². The topological polar surface area (TPSA) is 148 Å². The number of H-pyrrole nitrogens is 1. The summed E-state index contributed by atoms with van der Waals surface area (Å²) in [6.45, 7) is 5.74. The zero-order valence-electron chi connectivity index (χ0n) is 37.4. The van der Waals surface area contributed by atoms with Crippen LogP contribution in [-0.4, -0.2) is 106 Å². The number of piperazine rings is 1. The van der Waals surface area contributed by atoms with Crippen molar-refractivity contribution in [2.75, 3.05) is 62.6 Å². The number of carbonyl (C=O) groups excluding carboxylic acids is 4. The number of rotatable bonds is 15. The summed E-state index contributed by atoms with van der Waals surface area (Å²) in [5.74, 6) is -0.729. The van der Waals surface area contributed by atoms with E-state index in [9.17, 15) is 32.3 Å². The molecule has 354 valence electrons. The molecule has 17 heteroatoms. The van der Waals surface area contributed by atoms with Gasteiger partial charge in [0, 0.05) is 98.9 Å². The van der Waals surface area contributed by atoms with Crippen LogP contribution in [0.15, 0.2) is 110 Å². The first kappa shape index (κ1) is 46.3. The number of piperidine rings is 2. The van der Waals surface area contributed by atoms with E-state index in [0.29, 0.717) is 68.4 Å². The summed E-state index contributed by atoms with van der Waals surface area (Å²) in [4.78, 5) is 60.8. The van der Waals surface area contributed by atoms with Crippen molar-refractivity contribution < 1.29 is 36.7 Å². The molecule has 2 aromatic heterocycles. The maximum Gasteiger partial charge on any atom is 0.416 e. The van der Waals surface area contributed by atoms with Gasteiger partial charge in [-0.3, -0.25) is 34.1 Å². The van der Waals surface area contributed by atoms with Gasteiger partial charge in [-0.25, -0.2) is 4.39 Å². The average Bonchev–Trinajstić information content (AvgIpc) is 3.99. The third kappa shape index (κ3) is 10.8. The zero-order chi connectivity index (χ0) is 47.4. The minimum Gasteiger partial charge on any atom is -0.374 e. The molecule has 13 nitrogen and oxygen atoms in total. The third-order valence-electron chi connectivity index (χ3n) is 13.4. The van der Waals surface area contributed by atoms with Gasteiger partial charge in [0.25, 0.3) is 0 Å². The number of likely N-dealkylation sites (tertiary alicyclic amines) is 1. The first-order chi connectivity index (χ1) is 32.8. The second-order valence-corrected chi connectivity index (χ2v) is 17.9. The predicted molar refractivity (Wildman–Crippen MR) is 250 cm³/mol. The molecule has 3 aliphatic heterocycles. The van der Waals surface area contributed by atoms with Gasteiger partial charge in [0.1, 0.15) is 18.4 Å². The van der Waals surface area contributed by atoms with E-state index in [1.165, 1.54) is 18.2 Å². The van der Waals surface area contributed by atoms with Gasteiger partial charge in [-0.15, -0.1) is 0 Å². The number of aromatic amines is 1. The first-order valence-electron chi connectivity index (χ1n) is 23.1. The number of imide groups is 1. The number of nitrogens with zero attached hydrogens (tertiary/aromatic N) is 5. The average molecular weight is 932 g/mol. The van der Waals surface area contributed by atoms with Gasteiger partial charge in [0.05, 0.1) is 23.5 Å². The molecule has 0 spiro atoms. The fourth-order valence-corrected chi connectivity index (χ4v) is 9.52. The lowest BCUT2D eigenvalue weighted by atomic mass is 9.95. The van der Waals surface area contributed by atoms with Crippen LogP contribution in [0, 0.1) is 11.7 Å². The van der Waals surface area contributed by atoms with Gasteiger partial charge in [-0.1, -0.05) is 54.6 Å². The number of hydrogen-bond acceptors (Lipinski definition) is 9. The van der Waals surface area contributed by atoms with Crippen LogP contribution in [0.4, 0.5) is 28.9 Å². The maximum absolute atomic E-state index is 15.2. The number of Topliss-reactive ketones (excluding diaryl/α,β-unsaturated/α-hetero) is 1. The molecule has 6 aromatic rings. The number of aromatic nitrogens is 3. The highest BCUT2D eigenvalue weighted by Gasteiger charge is 2.31. The Labute approximate surface area is 390 Å². The number of hydrogen-bond donors (Lipinski definition) is 4. The second kappa shape index (κ2) is 20.2. The van der Waals surface area contributed by atoms with Crippen molar-refractivity contribution in [3.05, 3.63) is 138 Å². The van der Waals surface area contributed by atoms with Crippen molar-refractivity contribution in [3.63, 3.8) is 0 Å². The largest absolute Gasteiger partial charge is 0.416 e. The Balaban J connectivity index is 0.739. The van der Waals surface area contributed by atoms with Crippen LogP contribution in [0.25, 0.3) is 22.0 Å². The summed E-state index contributed by atoms with van der Waals surface area (Å²) >= 11 is 0. The van der Waals surface area contributed by atoms with E-state index in [1.807, 2.05) is 64.5 Å². The molecule has 0 bridgehead atoms. The van der Waals surface area contributed by atoms with Gasteiger partial charge in [0.2, 0.25) is 17.7 Å². The molecule has 3 amide bonds. The lowest BCUT2D eigenvalue weighted by molar-refractivity contribution is -0.138. The van der Waals surface area contributed by atoms with Gasteiger partial charge in [-0.2, -0.15) is 18.3 Å². The number of halogens is 4. The number of ketones is 1. The van der Waals surface area contributed by atoms with E-state index < -0.39 is 29.7 Å². The predicted octanol–water partition coefficient (Wildman–Crippen LogP) is 7.22. The van der Waals surface area contributed by atoms with Crippen molar-refractivity contribution >= 4 is 45.8 Å². The van der Waals surface area contributed by atoms with Gasteiger partial charge < -0.3 is 25.4 Å². The van der Waals surface area contributed by atoms with E-state index in [2.05, 4.69) is 30.9 Å². The van der Waals surface area contributed by atoms with E-state index in [1.54, 1.807) is 29.2 Å². The monoisotopic (exact) mass is 931 g/mol. The third-order valence-corrected chi connectivity index (χ3v) is 13.4. The summed E-state index contributed by atoms with van der Waals surface area (Å²) in [5.41, 5.74) is 4.80. The van der Waals surface area contributed by atoms with E-state index in [4.69, 9.17) is 0 Å². The number of fused-ring (bicyclic) bond motifs is 1. The van der Waals surface area contributed by atoms with E-state index >= 15 is 4.39 Å². The Hall–Kier alpha value is -6.85. The molecule has 3 saturated heterocycles. The quantitative estimate of drug-likeness (QED) is 0.0476. The minimum atomic E-state index is -4.40. The standard InChI is InChI=1S/C51H53F4N9O4/c52-42-27-39(59-43-13-15-46(65)60-50(43)68)11-14-45(42)62-24-22-61(23-25-62)30-34-17-20-63(21-18-34)47(66)32-64-31-37(28-58-64)36-8-12-40-41(29-57-44(40)26-36)49(67)48(35-4-2-1-3-5-35)56-19-16-33-6-9-38(10-7-33)51(53,54)55/h1-12,14,26-29,31,34,43,48,56-57,59H,13,15-25,30,32H2,(H,60,65,68). The molecule has 0 radical (unpaired) electrons.